The van der Waals surface area contributed by atoms with Crippen molar-refractivity contribution in [3.8, 4) is 0 Å². The molecule has 1 aliphatic rings. The average Bonchev–Trinajstić information content (AvgIpc) is 2.52. The summed E-state index contributed by atoms with van der Waals surface area (Å²) in [6.45, 7) is 0.644. The molecule has 1 N–H and O–H groups in total. The Kier molecular flexibility index (Phi) is 5.34. The van der Waals surface area contributed by atoms with Crippen molar-refractivity contribution in [1.82, 2.24) is 4.90 Å². The Bertz CT molecular complexity index is 413. The Labute approximate surface area is 117 Å². The zero-order chi connectivity index (χ0) is 14.4. The Balaban J connectivity index is 1.87. The van der Waals surface area contributed by atoms with E-state index < -0.39 is 18.5 Å². The lowest BCUT2D eigenvalue weighted by molar-refractivity contribution is -0.200. The van der Waals surface area contributed by atoms with Crippen LogP contribution in [0.4, 0.5) is 4.79 Å². The predicted octanol–water partition coefficient (Wildman–Crippen LogP) is 0.989. The fourth-order valence-electron chi connectivity index (χ4n) is 1.99. The van der Waals surface area contributed by atoms with Gasteiger partial charge < -0.3 is 24.2 Å². The minimum atomic E-state index is -0.537. The number of amides is 1. The summed E-state index contributed by atoms with van der Waals surface area (Å²) in [5, 5.41) is 9.15. The highest BCUT2D eigenvalue weighted by molar-refractivity contribution is 5.67. The van der Waals surface area contributed by atoms with Crippen LogP contribution < -0.4 is 0 Å². The fraction of sp³-hybridized carbons (Fsp3) is 0.500. The third kappa shape index (κ3) is 3.93. The third-order valence-electron chi connectivity index (χ3n) is 3.07. The van der Waals surface area contributed by atoms with Crippen molar-refractivity contribution in [2.75, 3.05) is 26.8 Å². The first-order chi connectivity index (χ1) is 9.72. The summed E-state index contributed by atoms with van der Waals surface area (Å²) in [6, 6.07) is 9.46. The van der Waals surface area contributed by atoms with Gasteiger partial charge in [-0.2, -0.15) is 0 Å². The SMILES string of the molecule is CO[C@@H]1CN(C(=O)OCc2ccccc2)C[C@@H](CO)O1. The Hall–Kier alpha value is -1.63. The van der Waals surface area contributed by atoms with Gasteiger partial charge >= 0.3 is 6.09 Å². The molecule has 0 bridgehead atoms. The molecule has 1 heterocycles. The highest BCUT2D eigenvalue weighted by atomic mass is 16.7. The topological polar surface area (TPSA) is 68.2 Å². The molecule has 6 nitrogen and oxygen atoms in total. The summed E-state index contributed by atoms with van der Waals surface area (Å²) in [4.78, 5) is 13.5. The van der Waals surface area contributed by atoms with Crippen LogP contribution in [0.2, 0.25) is 0 Å². The lowest BCUT2D eigenvalue weighted by atomic mass is 10.2. The average molecular weight is 281 g/mol. The Morgan fingerprint density at radius 1 is 1.40 bits per heavy atom. The van der Waals surface area contributed by atoms with E-state index in [1.54, 1.807) is 0 Å². The van der Waals surface area contributed by atoms with E-state index in [-0.39, 0.29) is 13.2 Å². The third-order valence-corrected chi connectivity index (χ3v) is 3.07. The maximum atomic E-state index is 12.0. The Morgan fingerprint density at radius 3 is 2.80 bits per heavy atom. The lowest BCUT2D eigenvalue weighted by Crippen LogP contribution is -2.51. The molecule has 0 unspecified atom stereocenters. The smallest absolute Gasteiger partial charge is 0.410 e. The molecule has 1 aromatic rings. The van der Waals surface area contributed by atoms with Crippen LogP contribution in [0.1, 0.15) is 5.56 Å². The number of carbonyl (C=O) groups is 1. The van der Waals surface area contributed by atoms with E-state index in [2.05, 4.69) is 0 Å². The van der Waals surface area contributed by atoms with Crippen molar-refractivity contribution >= 4 is 6.09 Å². The molecular formula is C14H19NO5. The number of aliphatic hydroxyl groups excluding tert-OH is 1. The van der Waals surface area contributed by atoms with Crippen molar-refractivity contribution in [1.29, 1.82) is 0 Å². The van der Waals surface area contributed by atoms with Gasteiger partial charge in [-0.1, -0.05) is 30.3 Å². The number of hydrogen-bond donors (Lipinski definition) is 1. The number of nitrogens with zero attached hydrogens (tertiary/aromatic N) is 1. The molecule has 0 aliphatic carbocycles. The van der Waals surface area contributed by atoms with Gasteiger partial charge in [0.2, 0.25) is 0 Å². The van der Waals surface area contributed by atoms with Crippen molar-refractivity contribution in [2.24, 2.45) is 0 Å². The highest BCUT2D eigenvalue weighted by Crippen LogP contribution is 2.13. The number of ether oxygens (including phenoxy) is 3. The second-order valence-electron chi connectivity index (χ2n) is 4.55. The van der Waals surface area contributed by atoms with Gasteiger partial charge in [-0.25, -0.2) is 4.79 Å². The molecule has 0 aromatic heterocycles. The molecule has 0 spiro atoms. The first kappa shape index (κ1) is 14.8. The monoisotopic (exact) mass is 281 g/mol. The number of carbonyl (C=O) groups excluding carboxylic acids is 1. The molecule has 110 valence electrons. The molecular weight excluding hydrogens is 262 g/mol. The van der Waals surface area contributed by atoms with E-state index in [1.807, 2.05) is 30.3 Å². The molecule has 2 atom stereocenters. The molecule has 1 amide bonds. The number of aliphatic hydroxyl groups is 1. The fourth-order valence-corrected chi connectivity index (χ4v) is 1.99. The van der Waals surface area contributed by atoms with Crippen molar-refractivity contribution in [3.63, 3.8) is 0 Å². The largest absolute Gasteiger partial charge is 0.445 e. The maximum Gasteiger partial charge on any atom is 0.410 e. The number of morpholine rings is 1. The molecule has 20 heavy (non-hydrogen) atoms. The lowest BCUT2D eigenvalue weighted by Gasteiger charge is -2.35. The second-order valence-corrected chi connectivity index (χ2v) is 4.55. The van der Waals surface area contributed by atoms with Gasteiger partial charge in [0.15, 0.2) is 6.29 Å². The molecule has 2 rings (SSSR count). The minimum absolute atomic E-state index is 0.164. The van der Waals surface area contributed by atoms with E-state index in [0.717, 1.165) is 5.56 Å². The van der Waals surface area contributed by atoms with Crippen LogP contribution in [0.25, 0.3) is 0 Å². The number of benzene rings is 1. The summed E-state index contributed by atoms with van der Waals surface area (Å²) in [7, 11) is 1.50. The number of methoxy groups -OCH3 is 1. The van der Waals surface area contributed by atoms with Crippen molar-refractivity contribution < 1.29 is 24.1 Å². The van der Waals surface area contributed by atoms with Gasteiger partial charge in [-0.15, -0.1) is 0 Å². The van der Waals surface area contributed by atoms with Crippen LogP contribution in [-0.4, -0.2) is 55.3 Å². The second kappa shape index (κ2) is 7.23. The zero-order valence-electron chi connectivity index (χ0n) is 11.4. The summed E-state index contributed by atoms with van der Waals surface area (Å²) < 4.78 is 15.7. The maximum absolute atomic E-state index is 12.0. The molecule has 1 fully saturated rings. The molecule has 1 saturated heterocycles. The van der Waals surface area contributed by atoms with Crippen molar-refractivity contribution in [3.05, 3.63) is 35.9 Å². The predicted molar refractivity (Wildman–Crippen MR) is 71.0 cm³/mol. The van der Waals surface area contributed by atoms with Gasteiger partial charge in [0.25, 0.3) is 0 Å². The van der Waals surface area contributed by atoms with E-state index in [9.17, 15) is 4.79 Å². The van der Waals surface area contributed by atoms with Crippen molar-refractivity contribution in [2.45, 2.75) is 19.0 Å². The van der Waals surface area contributed by atoms with Gasteiger partial charge in [0.05, 0.1) is 19.7 Å². The molecule has 1 aliphatic heterocycles. The van der Waals surface area contributed by atoms with Gasteiger partial charge in [-0.05, 0) is 5.56 Å². The van der Waals surface area contributed by atoms with Crippen LogP contribution in [0.5, 0.6) is 0 Å². The van der Waals surface area contributed by atoms with Crippen LogP contribution in [-0.2, 0) is 20.8 Å². The minimum Gasteiger partial charge on any atom is -0.445 e. The first-order valence-corrected chi connectivity index (χ1v) is 6.47. The Morgan fingerprint density at radius 2 is 2.15 bits per heavy atom. The first-order valence-electron chi connectivity index (χ1n) is 6.47. The summed E-state index contributed by atoms with van der Waals surface area (Å²) in [6.07, 6.45) is -1.42. The highest BCUT2D eigenvalue weighted by Gasteiger charge is 2.31. The molecule has 1 aromatic carbocycles. The van der Waals surface area contributed by atoms with E-state index >= 15 is 0 Å². The van der Waals surface area contributed by atoms with Gasteiger partial charge in [0, 0.05) is 7.11 Å². The normalized spacial score (nSPS) is 22.6. The summed E-state index contributed by atoms with van der Waals surface area (Å²) in [5.41, 5.74) is 0.927. The van der Waals surface area contributed by atoms with Gasteiger partial charge in [-0.3, -0.25) is 0 Å². The number of rotatable bonds is 4. The van der Waals surface area contributed by atoms with Crippen LogP contribution in [0, 0.1) is 0 Å². The van der Waals surface area contributed by atoms with E-state index in [1.165, 1.54) is 12.0 Å². The quantitative estimate of drug-likeness (QED) is 0.891. The van der Waals surface area contributed by atoms with Crippen LogP contribution in [0.15, 0.2) is 30.3 Å². The standard InChI is InChI=1S/C14H19NO5/c1-18-13-8-15(7-12(9-16)20-13)14(17)19-10-11-5-3-2-4-6-11/h2-6,12-13,16H,7-10H2,1H3/t12-,13-/m0/s1. The number of hydrogen-bond acceptors (Lipinski definition) is 5. The summed E-state index contributed by atoms with van der Waals surface area (Å²) in [5.74, 6) is 0. The van der Waals surface area contributed by atoms with Gasteiger partial charge in [0.1, 0.15) is 12.7 Å². The van der Waals surface area contributed by atoms with E-state index in [0.29, 0.717) is 13.1 Å². The van der Waals surface area contributed by atoms with Crippen LogP contribution in [0.3, 0.4) is 0 Å². The summed E-state index contributed by atoms with van der Waals surface area (Å²) >= 11 is 0. The van der Waals surface area contributed by atoms with Crippen LogP contribution >= 0.6 is 0 Å². The zero-order valence-corrected chi connectivity index (χ0v) is 11.4. The molecule has 0 radical (unpaired) electrons. The molecule has 0 saturated carbocycles. The van der Waals surface area contributed by atoms with E-state index in [4.69, 9.17) is 19.3 Å². The molecule has 6 heteroatoms.